The van der Waals surface area contributed by atoms with Crippen molar-refractivity contribution in [3.05, 3.63) is 34.0 Å². The van der Waals surface area contributed by atoms with Crippen molar-refractivity contribution in [2.45, 2.75) is 32.7 Å². The SMILES string of the molecule is CN/C(=N\C=N)[C@@H]1c2n[nH]c(=O)c3cc(F)cc(c23)N[C@H]1C(C)(C)C. The molecule has 7 nitrogen and oxygen atoms in total. The summed E-state index contributed by atoms with van der Waals surface area (Å²) < 4.78 is 14.0. The number of aromatic amines is 1. The van der Waals surface area contributed by atoms with Crippen molar-refractivity contribution in [1.82, 2.24) is 15.5 Å². The first-order chi connectivity index (χ1) is 11.8. The van der Waals surface area contributed by atoms with Crippen molar-refractivity contribution in [2.24, 2.45) is 10.4 Å². The summed E-state index contributed by atoms with van der Waals surface area (Å²) in [4.78, 5) is 16.3. The third kappa shape index (κ3) is 2.77. The molecule has 0 amide bonds. The summed E-state index contributed by atoms with van der Waals surface area (Å²) in [5.74, 6) is -0.257. The van der Waals surface area contributed by atoms with E-state index in [4.69, 9.17) is 5.41 Å². The number of likely N-dealkylation sites (N-methyl/N-ethyl adjacent to an activating group) is 1. The van der Waals surface area contributed by atoms with Gasteiger partial charge in [-0.05, 0) is 17.5 Å². The van der Waals surface area contributed by atoms with Gasteiger partial charge in [0.2, 0.25) is 0 Å². The fourth-order valence-corrected chi connectivity index (χ4v) is 3.41. The summed E-state index contributed by atoms with van der Waals surface area (Å²) >= 11 is 0. The van der Waals surface area contributed by atoms with Gasteiger partial charge in [0.05, 0.1) is 17.0 Å². The van der Waals surface area contributed by atoms with E-state index in [0.717, 1.165) is 6.34 Å². The van der Waals surface area contributed by atoms with Crippen LogP contribution in [0.25, 0.3) is 10.8 Å². The molecule has 25 heavy (non-hydrogen) atoms. The van der Waals surface area contributed by atoms with Gasteiger partial charge in [-0.2, -0.15) is 5.10 Å². The largest absolute Gasteiger partial charge is 0.380 e. The Morgan fingerprint density at radius 1 is 1.44 bits per heavy atom. The van der Waals surface area contributed by atoms with E-state index in [1.54, 1.807) is 7.05 Å². The van der Waals surface area contributed by atoms with Crippen LogP contribution in [0.4, 0.5) is 10.1 Å². The standard InChI is InChI=1S/C17H21FN6O/c1-17(2,3)14-12(15(20-4)21-7-19)13-11-9(16(25)24-23-13)5-8(18)6-10(11)22-14/h5-7,12,14,22H,1-4H3,(H,24,25)(H2,19,20,21)/t12-,14-/m1/s1. The highest BCUT2D eigenvalue weighted by molar-refractivity contribution is 6.03. The van der Waals surface area contributed by atoms with Crippen molar-refractivity contribution >= 4 is 28.6 Å². The molecule has 132 valence electrons. The number of nitrogens with one attached hydrogen (secondary N) is 4. The second-order valence-corrected chi connectivity index (χ2v) is 7.17. The molecule has 8 heteroatoms. The second kappa shape index (κ2) is 5.94. The summed E-state index contributed by atoms with van der Waals surface area (Å²) in [5, 5.41) is 21.3. The molecule has 1 aliphatic rings. The molecule has 1 aromatic heterocycles. The number of anilines is 1. The molecule has 1 aliphatic heterocycles. The van der Waals surface area contributed by atoms with Crippen LogP contribution in [-0.4, -0.2) is 35.5 Å². The zero-order valence-corrected chi connectivity index (χ0v) is 14.6. The van der Waals surface area contributed by atoms with Gasteiger partial charge in [-0.1, -0.05) is 20.8 Å². The highest BCUT2D eigenvalue weighted by Gasteiger charge is 2.42. The van der Waals surface area contributed by atoms with Gasteiger partial charge in [-0.25, -0.2) is 14.5 Å². The second-order valence-electron chi connectivity index (χ2n) is 7.17. The van der Waals surface area contributed by atoms with E-state index in [1.165, 1.54) is 12.1 Å². The van der Waals surface area contributed by atoms with Crippen LogP contribution in [0.15, 0.2) is 21.9 Å². The van der Waals surface area contributed by atoms with Crippen LogP contribution in [-0.2, 0) is 0 Å². The molecule has 4 N–H and O–H groups in total. The first kappa shape index (κ1) is 17.1. The molecule has 2 heterocycles. The highest BCUT2D eigenvalue weighted by atomic mass is 19.1. The Morgan fingerprint density at radius 2 is 2.16 bits per heavy atom. The maximum absolute atomic E-state index is 14.0. The number of nitrogens with zero attached hydrogens (tertiary/aromatic N) is 2. The summed E-state index contributed by atoms with van der Waals surface area (Å²) in [7, 11) is 1.73. The molecule has 0 bridgehead atoms. The van der Waals surface area contributed by atoms with E-state index in [2.05, 4.69) is 46.6 Å². The average Bonchev–Trinajstić information content (AvgIpc) is 2.54. The Bertz CT molecular complexity index is 927. The molecule has 0 spiro atoms. The van der Waals surface area contributed by atoms with Crippen LogP contribution in [0.2, 0.25) is 0 Å². The van der Waals surface area contributed by atoms with Crippen molar-refractivity contribution in [3.8, 4) is 0 Å². The van der Waals surface area contributed by atoms with Gasteiger partial charge < -0.3 is 10.6 Å². The maximum atomic E-state index is 14.0. The lowest BCUT2D eigenvalue weighted by Crippen LogP contribution is -2.48. The Balaban J connectivity index is 2.38. The van der Waals surface area contributed by atoms with Crippen molar-refractivity contribution < 1.29 is 4.39 Å². The van der Waals surface area contributed by atoms with Crippen LogP contribution >= 0.6 is 0 Å². The monoisotopic (exact) mass is 344 g/mol. The van der Waals surface area contributed by atoms with Gasteiger partial charge in [-0.15, -0.1) is 0 Å². The number of hydrogen-bond acceptors (Lipinski definition) is 4. The molecular formula is C17H21FN6O. The number of hydrogen-bond donors (Lipinski definition) is 4. The number of rotatable bonds is 2. The lowest BCUT2D eigenvalue weighted by atomic mass is 9.74. The smallest absolute Gasteiger partial charge is 0.272 e. The number of benzene rings is 1. The van der Waals surface area contributed by atoms with Crippen LogP contribution in [0.1, 0.15) is 32.4 Å². The van der Waals surface area contributed by atoms with Gasteiger partial charge >= 0.3 is 0 Å². The predicted molar refractivity (Wildman–Crippen MR) is 97.2 cm³/mol. The molecule has 0 unspecified atom stereocenters. The molecule has 0 aliphatic carbocycles. The average molecular weight is 344 g/mol. The summed E-state index contributed by atoms with van der Waals surface area (Å²) in [6, 6.07) is 2.43. The van der Waals surface area contributed by atoms with E-state index >= 15 is 0 Å². The van der Waals surface area contributed by atoms with Gasteiger partial charge in [-0.3, -0.25) is 10.2 Å². The van der Waals surface area contributed by atoms with Crippen LogP contribution < -0.4 is 16.2 Å². The Kier molecular flexibility index (Phi) is 4.06. The Labute approximate surface area is 144 Å². The van der Waals surface area contributed by atoms with Crippen LogP contribution in [0, 0.1) is 16.6 Å². The summed E-state index contributed by atoms with van der Waals surface area (Å²) in [5.41, 5.74) is 0.492. The fraction of sp³-hybridized carbons (Fsp3) is 0.412. The first-order valence-corrected chi connectivity index (χ1v) is 8.00. The zero-order valence-electron chi connectivity index (χ0n) is 14.6. The maximum Gasteiger partial charge on any atom is 0.272 e. The summed E-state index contributed by atoms with van der Waals surface area (Å²) in [6.45, 7) is 6.17. The van der Waals surface area contributed by atoms with E-state index in [0.29, 0.717) is 22.6 Å². The number of aliphatic imine (C=N–C) groups is 1. The number of halogens is 1. The minimum atomic E-state index is -0.481. The predicted octanol–water partition coefficient (Wildman–Crippen LogP) is 2.21. The third-order valence-electron chi connectivity index (χ3n) is 4.51. The Hall–Kier alpha value is -2.77. The summed E-state index contributed by atoms with van der Waals surface area (Å²) in [6.07, 6.45) is 0.967. The molecule has 3 rings (SSSR count). The van der Waals surface area contributed by atoms with Crippen molar-refractivity contribution in [3.63, 3.8) is 0 Å². The van der Waals surface area contributed by atoms with Crippen LogP contribution in [0.5, 0.6) is 0 Å². The third-order valence-corrected chi connectivity index (χ3v) is 4.51. The topological polar surface area (TPSA) is 106 Å². The molecule has 0 radical (unpaired) electrons. The molecule has 2 atom stereocenters. The fourth-order valence-electron chi connectivity index (χ4n) is 3.41. The molecule has 2 aromatic rings. The van der Waals surface area contributed by atoms with E-state index in [1.807, 2.05) is 0 Å². The number of aromatic nitrogens is 2. The first-order valence-electron chi connectivity index (χ1n) is 8.00. The van der Waals surface area contributed by atoms with E-state index < -0.39 is 11.4 Å². The van der Waals surface area contributed by atoms with E-state index in [-0.39, 0.29) is 22.8 Å². The minimum absolute atomic E-state index is 0.172. The van der Waals surface area contributed by atoms with Crippen LogP contribution in [0.3, 0.4) is 0 Å². The molecule has 1 aromatic carbocycles. The molecule has 0 saturated carbocycles. The minimum Gasteiger partial charge on any atom is -0.380 e. The van der Waals surface area contributed by atoms with Gasteiger partial charge in [0.15, 0.2) is 0 Å². The number of amidine groups is 1. The highest BCUT2D eigenvalue weighted by Crippen LogP contribution is 2.42. The zero-order chi connectivity index (χ0) is 18.4. The normalized spacial score (nSPS) is 20.3. The van der Waals surface area contributed by atoms with Gasteiger partial charge in [0.25, 0.3) is 5.56 Å². The van der Waals surface area contributed by atoms with Gasteiger partial charge in [0, 0.05) is 24.2 Å². The molecule has 0 fully saturated rings. The molecule has 0 saturated heterocycles. The van der Waals surface area contributed by atoms with Gasteiger partial charge in [0.1, 0.15) is 18.0 Å². The van der Waals surface area contributed by atoms with E-state index in [9.17, 15) is 9.18 Å². The Morgan fingerprint density at radius 3 is 2.76 bits per heavy atom. The lowest BCUT2D eigenvalue weighted by Gasteiger charge is -2.41. The van der Waals surface area contributed by atoms with Crippen molar-refractivity contribution in [2.75, 3.05) is 12.4 Å². The quantitative estimate of drug-likeness (QED) is 0.495. The lowest BCUT2D eigenvalue weighted by molar-refractivity contribution is 0.321. The van der Waals surface area contributed by atoms with Crippen molar-refractivity contribution in [1.29, 1.82) is 5.41 Å². The number of H-pyrrole nitrogens is 1. The molecular weight excluding hydrogens is 323 g/mol.